The van der Waals surface area contributed by atoms with Crippen LogP contribution in [0.4, 0.5) is 18.9 Å². The van der Waals surface area contributed by atoms with Crippen molar-refractivity contribution in [2.75, 3.05) is 50.7 Å². The van der Waals surface area contributed by atoms with Crippen LogP contribution in [0.3, 0.4) is 0 Å². The third kappa shape index (κ3) is 5.96. The predicted molar refractivity (Wildman–Crippen MR) is 129 cm³/mol. The van der Waals surface area contributed by atoms with Gasteiger partial charge in [0.05, 0.1) is 11.1 Å². The van der Waals surface area contributed by atoms with Crippen LogP contribution in [0.2, 0.25) is 0 Å². The maximum Gasteiger partial charge on any atom is 0.416 e. The Balaban J connectivity index is 1.34. The molecule has 35 heavy (non-hydrogen) atoms. The van der Waals surface area contributed by atoms with E-state index >= 15 is 0 Å². The average Bonchev–Trinajstić information content (AvgIpc) is 2.88. The summed E-state index contributed by atoms with van der Waals surface area (Å²) in [4.78, 5) is 32.2. The predicted octanol–water partition coefficient (Wildman–Crippen LogP) is 3.88. The highest BCUT2D eigenvalue weighted by Gasteiger charge is 2.31. The zero-order valence-corrected chi connectivity index (χ0v) is 19.9. The number of nitrogens with one attached hydrogen (secondary N) is 1. The molecule has 0 unspecified atom stereocenters. The van der Waals surface area contributed by atoms with E-state index in [1.54, 1.807) is 0 Å². The van der Waals surface area contributed by atoms with Gasteiger partial charge in [0, 0.05) is 56.6 Å². The van der Waals surface area contributed by atoms with Crippen molar-refractivity contribution in [1.29, 1.82) is 0 Å². The second-order valence-electron chi connectivity index (χ2n) is 9.05. The summed E-state index contributed by atoms with van der Waals surface area (Å²) in [5.41, 5.74) is 1.04. The molecule has 188 valence electrons. The molecule has 0 spiro atoms. The number of hydrogen-bond donors (Lipinski definition) is 1. The first-order chi connectivity index (χ1) is 16.8. The van der Waals surface area contributed by atoms with Gasteiger partial charge in [-0.05, 0) is 55.8 Å². The summed E-state index contributed by atoms with van der Waals surface area (Å²) >= 11 is 0. The Morgan fingerprint density at radius 1 is 0.914 bits per heavy atom. The van der Waals surface area contributed by atoms with E-state index in [-0.39, 0.29) is 23.4 Å². The molecule has 9 heteroatoms. The zero-order valence-electron chi connectivity index (χ0n) is 19.9. The van der Waals surface area contributed by atoms with Crippen molar-refractivity contribution < 1.29 is 22.8 Å². The van der Waals surface area contributed by atoms with Crippen molar-refractivity contribution in [3.05, 3.63) is 65.2 Å². The quantitative estimate of drug-likeness (QED) is 0.694. The van der Waals surface area contributed by atoms with Gasteiger partial charge in [0.15, 0.2) is 0 Å². The molecule has 4 rings (SSSR count). The number of alkyl halides is 3. The van der Waals surface area contributed by atoms with Gasteiger partial charge in [-0.1, -0.05) is 19.1 Å². The molecule has 0 aromatic heterocycles. The normalized spacial score (nSPS) is 17.9. The molecule has 0 saturated carbocycles. The summed E-state index contributed by atoms with van der Waals surface area (Å²) in [6, 6.07) is 11.8. The van der Waals surface area contributed by atoms with Gasteiger partial charge in [0.25, 0.3) is 11.8 Å². The van der Waals surface area contributed by atoms with Crippen LogP contribution < -0.4 is 10.2 Å². The highest BCUT2D eigenvalue weighted by Crippen LogP contribution is 2.29. The molecule has 2 aromatic rings. The van der Waals surface area contributed by atoms with Crippen LogP contribution >= 0.6 is 0 Å². The summed E-state index contributed by atoms with van der Waals surface area (Å²) in [5.74, 6) is -0.326. The number of carbonyl (C=O) groups is 2. The smallest absolute Gasteiger partial charge is 0.371 e. The number of rotatable bonds is 5. The fraction of sp³-hybridized carbons (Fsp3) is 0.462. The molecule has 2 amide bonds. The summed E-state index contributed by atoms with van der Waals surface area (Å²) in [6.07, 6.45) is -3.06. The minimum absolute atomic E-state index is 0.0501. The molecule has 0 aliphatic carbocycles. The SMILES string of the molecule is CCN1CCN(C(=O)c2ccccc2N2CCC(NC(=O)c3ccc(C(F)(F)F)cc3)CC2)CC1. The lowest BCUT2D eigenvalue weighted by Crippen LogP contribution is -2.49. The largest absolute Gasteiger partial charge is 0.416 e. The fourth-order valence-electron chi connectivity index (χ4n) is 4.71. The number of piperidine rings is 1. The van der Waals surface area contributed by atoms with Gasteiger partial charge in [0.1, 0.15) is 0 Å². The van der Waals surface area contributed by atoms with Crippen LogP contribution in [0.5, 0.6) is 0 Å². The van der Waals surface area contributed by atoms with Crippen LogP contribution in [-0.4, -0.2) is 73.5 Å². The average molecular weight is 489 g/mol. The van der Waals surface area contributed by atoms with Crippen molar-refractivity contribution in [3.8, 4) is 0 Å². The molecule has 6 nitrogen and oxygen atoms in total. The van der Waals surface area contributed by atoms with Crippen LogP contribution in [0.25, 0.3) is 0 Å². The number of halogens is 3. The Kier molecular flexibility index (Phi) is 7.64. The molecule has 2 aliphatic heterocycles. The van der Waals surface area contributed by atoms with Gasteiger partial charge < -0.3 is 20.0 Å². The number of piperazine rings is 1. The molecule has 2 saturated heterocycles. The molecule has 2 aliphatic rings. The lowest BCUT2D eigenvalue weighted by molar-refractivity contribution is -0.137. The third-order valence-electron chi connectivity index (χ3n) is 6.89. The number of amides is 2. The molecule has 1 N–H and O–H groups in total. The van der Waals surface area contributed by atoms with Crippen molar-refractivity contribution in [2.45, 2.75) is 32.0 Å². The van der Waals surface area contributed by atoms with E-state index in [2.05, 4.69) is 22.0 Å². The number of nitrogens with zero attached hydrogens (tertiary/aromatic N) is 3. The topological polar surface area (TPSA) is 55.9 Å². The summed E-state index contributed by atoms with van der Waals surface area (Å²) in [6.45, 7) is 7.67. The van der Waals surface area contributed by atoms with Gasteiger partial charge in [-0.15, -0.1) is 0 Å². The Morgan fingerprint density at radius 2 is 1.54 bits per heavy atom. The van der Waals surface area contributed by atoms with Crippen molar-refractivity contribution in [3.63, 3.8) is 0 Å². The van der Waals surface area contributed by atoms with E-state index in [9.17, 15) is 22.8 Å². The second kappa shape index (κ2) is 10.7. The first-order valence-electron chi connectivity index (χ1n) is 12.1. The maximum atomic E-state index is 13.3. The number of benzene rings is 2. The molecule has 2 fully saturated rings. The standard InChI is InChI=1S/C26H31F3N4O2/c1-2-31-15-17-33(18-16-31)25(35)22-5-3-4-6-23(22)32-13-11-21(12-14-32)30-24(34)19-7-9-20(10-8-19)26(27,28)29/h3-10,21H,2,11-18H2,1H3,(H,30,34). The first-order valence-corrected chi connectivity index (χ1v) is 12.1. The third-order valence-corrected chi connectivity index (χ3v) is 6.89. The lowest BCUT2D eigenvalue weighted by Gasteiger charge is -2.37. The Hall–Kier alpha value is -3.07. The summed E-state index contributed by atoms with van der Waals surface area (Å²) < 4.78 is 38.3. The minimum atomic E-state index is -4.43. The van der Waals surface area contributed by atoms with Crippen LogP contribution in [0.1, 0.15) is 46.0 Å². The molecule has 0 bridgehead atoms. The van der Waals surface area contributed by atoms with E-state index in [0.29, 0.717) is 31.5 Å². The number of para-hydroxylation sites is 1. The van der Waals surface area contributed by atoms with Crippen LogP contribution in [0, 0.1) is 0 Å². The molecular weight excluding hydrogens is 457 g/mol. The monoisotopic (exact) mass is 488 g/mol. The Morgan fingerprint density at radius 3 is 2.14 bits per heavy atom. The Bertz CT molecular complexity index is 1030. The molecular formula is C26H31F3N4O2. The van der Waals surface area contributed by atoms with E-state index in [1.165, 1.54) is 12.1 Å². The van der Waals surface area contributed by atoms with Gasteiger partial charge in [-0.25, -0.2) is 0 Å². The van der Waals surface area contributed by atoms with Crippen molar-refractivity contribution >= 4 is 17.5 Å². The number of carbonyl (C=O) groups excluding carboxylic acids is 2. The van der Waals surface area contributed by atoms with Gasteiger partial charge in [0.2, 0.25) is 0 Å². The van der Waals surface area contributed by atoms with E-state index < -0.39 is 11.7 Å². The summed E-state index contributed by atoms with van der Waals surface area (Å²) in [7, 11) is 0. The first kappa shape index (κ1) is 25.0. The van der Waals surface area contributed by atoms with Gasteiger partial charge in [-0.2, -0.15) is 13.2 Å². The second-order valence-corrected chi connectivity index (χ2v) is 9.05. The zero-order chi connectivity index (χ0) is 25.0. The highest BCUT2D eigenvalue weighted by molar-refractivity contribution is 6.00. The van der Waals surface area contributed by atoms with Crippen molar-refractivity contribution in [1.82, 2.24) is 15.1 Å². The van der Waals surface area contributed by atoms with Crippen LogP contribution in [-0.2, 0) is 6.18 Å². The number of likely N-dealkylation sites (N-methyl/N-ethyl adjacent to an activating group) is 1. The Labute approximate surface area is 203 Å². The fourth-order valence-corrected chi connectivity index (χ4v) is 4.71. The molecule has 0 atom stereocenters. The van der Waals surface area contributed by atoms with E-state index in [4.69, 9.17) is 0 Å². The number of anilines is 1. The highest BCUT2D eigenvalue weighted by atomic mass is 19.4. The van der Waals surface area contributed by atoms with E-state index in [1.807, 2.05) is 29.2 Å². The van der Waals surface area contributed by atoms with Crippen molar-refractivity contribution in [2.24, 2.45) is 0 Å². The van der Waals surface area contributed by atoms with Gasteiger partial charge >= 0.3 is 6.18 Å². The number of hydrogen-bond acceptors (Lipinski definition) is 4. The lowest BCUT2D eigenvalue weighted by atomic mass is 10.0. The molecule has 2 aromatic carbocycles. The molecule has 2 heterocycles. The van der Waals surface area contributed by atoms with E-state index in [0.717, 1.165) is 50.5 Å². The summed E-state index contributed by atoms with van der Waals surface area (Å²) in [5, 5.41) is 2.94. The van der Waals surface area contributed by atoms with Crippen LogP contribution in [0.15, 0.2) is 48.5 Å². The minimum Gasteiger partial charge on any atom is -0.371 e. The maximum absolute atomic E-state index is 13.3. The molecule has 0 radical (unpaired) electrons. The van der Waals surface area contributed by atoms with Gasteiger partial charge in [-0.3, -0.25) is 9.59 Å².